The van der Waals surface area contributed by atoms with E-state index < -0.39 is 0 Å². The van der Waals surface area contributed by atoms with Crippen molar-refractivity contribution in [2.24, 2.45) is 21.9 Å². The monoisotopic (exact) mass is 201 g/mol. The van der Waals surface area contributed by atoms with E-state index in [0.717, 1.165) is 17.7 Å². The topological polar surface area (TPSA) is 50.7 Å². The highest BCUT2D eigenvalue weighted by atomic mass is 15.2. The highest BCUT2D eigenvalue weighted by Gasteiger charge is 2.18. The molecule has 1 aromatic rings. The fourth-order valence-corrected chi connectivity index (χ4v) is 1.81. The zero-order valence-corrected chi connectivity index (χ0v) is 9.07. The molecule has 1 aliphatic rings. The van der Waals surface area contributed by atoms with Crippen molar-refractivity contribution in [2.45, 2.75) is 20.3 Å². The molecular weight excluding hydrogens is 186 g/mol. The summed E-state index contributed by atoms with van der Waals surface area (Å²) < 4.78 is 0. The Bertz CT molecular complexity index is 432. The second-order valence-corrected chi connectivity index (χ2v) is 4.05. The van der Waals surface area contributed by atoms with E-state index in [4.69, 9.17) is 5.73 Å². The van der Waals surface area contributed by atoms with E-state index in [1.807, 2.05) is 6.07 Å². The predicted octanol–water partition coefficient (Wildman–Crippen LogP) is 2.10. The summed E-state index contributed by atoms with van der Waals surface area (Å²) in [7, 11) is 0. The lowest BCUT2D eigenvalue weighted by molar-refractivity contribution is 0.783. The van der Waals surface area contributed by atoms with Gasteiger partial charge in [0.15, 0.2) is 0 Å². The van der Waals surface area contributed by atoms with Gasteiger partial charge in [0.2, 0.25) is 0 Å². The third-order valence-corrected chi connectivity index (χ3v) is 2.58. The number of amidine groups is 1. The zero-order chi connectivity index (χ0) is 10.8. The van der Waals surface area contributed by atoms with Crippen molar-refractivity contribution in [1.29, 1.82) is 0 Å². The minimum atomic E-state index is 0.351. The van der Waals surface area contributed by atoms with Gasteiger partial charge >= 0.3 is 0 Å². The molecule has 1 unspecified atom stereocenters. The Labute approximate surface area is 89.7 Å². The number of nitrogens with zero attached hydrogens (tertiary/aromatic N) is 2. The van der Waals surface area contributed by atoms with Crippen LogP contribution < -0.4 is 5.73 Å². The smallest absolute Gasteiger partial charge is 0.123 e. The van der Waals surface area contributed by atoms with Crippen LogP contribution in [0.15, 0.2) is 34.5 Å². The highest BCUT2D eigenvalue weighted by Crippen LogP contribution is 2.17. The molecule has 0 saturated carbocycles. The largest absolute Gasteiger partial charge is 0.386 e. The minimum Gasteiger partial charge on any atom is -0.386 e. The van der Waals surface area contributed by atoms with Crippen molar-refractivity contribution in [1.82, 2.24) is 0 Å². The third-order valence-electron chi connectivity index (χ3n) is 2.58. The maximum absolute atomic E-state index is 5.64. The van der Waals surface area contributed by atoms with Crippen LogP contribution in [0, 0.1) is 12.8 Å². The molecule has 0 amide bonds. The fourth-order valence-electron chi connectivity index (χ4n) is 1.81. The average Bonchev–Trinajstić information content (AvgIpc) is 2.17. The number of rotatable bonds is 1. The molecule has 1 heterocycles. The van der Waals surface area contributed by atoms with E-state index in [0.29, 0.717) is 11.8 Å². The van der Waals surface area contributed by atoms with Gasteiger partial charge in [0.25, 0.3) is 0 Å². The van der Waals surface area contributed by atoms with Gasteiger partial charge in [0.1, 0.15) is 5.84 Å². The van der Waals surface area contributed by atoms with Crippen LogP contribution >= 0.6 is 0 Å². The summed E-state index contributed by atoms with van der Waals surface area (Å²) in [6.45, 7) is 4.21. The van der Waals surface area contributed by atoms with E-state index >= 15 is 0 Å². The molecule has 0 fully saturated rings. The average molecular weight is 201 g/mol. The van der Waals surface area contributed by atoms with Crippen LogP contribution in [0.25, 0.3) is 0 Å². The molecule has 15 heavy (non-hydrogen) atoms. The normalized spacial score (nSPS) is 20.8. The van der Waals surface area contributed by atoms with E-state index in [1.54, 1.807) is 0 Å². The van der Waals surface area contributed by atoms with E-state index in [2.05, 4.69) is 42.2 Å². The van der Waals surface area contributed by atoms with Gasteiger partial charge in [0, 0.05) is 12.3 Å². The van der Waals surface area contributed by atoms with Crippen LogP contribution in [0.4, 0.5) is 0 Å². The maximum atomic E-state index is 5.64. The quantitative estimate of drug-likeness (QED) is 0.743. The zero-order valence-electron chi connectivity index (χ0n) is 9.07. The molecule has 0 radical (unpaired) electrons. The molecule has 78 valence electrons. The first-order valence-corrected chi connectivity index (χ1v) is 5.14. The van der Waals surface area contributed by atoms with Gasteiger partial charge in [-0.15, -0.1) is 5.10 Å². The van der Waals surface area contributed by atoms with Gasteiger partial charge in [-0.25, -0.2) is 0 Å². The molecule has 0 aliphatic carbocycles. The Balaban J connectivity index is 2.39. The van der Waals surface area contributed by atoms with E-state index in [9.17, 15) is 0 Å². The molecule has 3 nitrogen and oxygen atoms in total. The number of aryl methyl sites for hydroxylation is 1. The Kier molecular flexibility index (Phi) is 2.54. The van der Waals surface area contributed by atoms with Gasteiger partial charge in [-0.3, -0.25) is 0 Å². The van der Waals surface area contributed by atoms with Crippen molar-refractivity contribution >= 4 is 11.5 Å². The molecule has 0 bridgehead atoms. The number of benzene rings is 1. The summed E-state index contributed by atoms with van der Waals surface area (Å²) in [4.78, 5) is 0. The summed E-state index contributed by atoms with van der Waals surface area (Å²) in [5, 5.41) is 8.13. The molecule has 1 aromatic carbocycles. The van der Waals surface area contributed by atoms with Crippen molar-refractivity contribution in [3.05, 3.63) is 35.4 Å². The lowest BCUT2D eigenvalue weighted by atomic mass is 9.93. The molecule has 0 spiro atoms. The standard InChI is InChI=1S/C12H15N3/c1-8-4-3-5-10(6-8)12-9(2)7-11(13)14-15-12/h3-6,9H,7H2,1-2H3,(H2,13,14). The van der Waals surface area contributed by atoms with Crippen LogP contribution in [-0.4, -0.2) is 11.5 Å². The summed E-state index contributed by atoms with van der Waals surface area (Å²) in [5.74, 6) is 0.975. The molecule has 2 N–H and O–H groups in total. The van der Waals surface area contributed by atoms with E-state index in [-0.39, 0.29) is 0 Å². The summed E-state index contributed by atoms with van der Waals surface area (Å²) in [5.41, 5.74) is 9.07. The Morgan fingerprint density at radius 2 is 2.13 bits per heavy atom. The van der Waals surface area contributed by atoms with Crippen LogP contribution in [0.5, 0.6) is 0 Å². The summed E-state index contributed by atoms with van der Waals surface area (Å²) >= 11 is 0. The first-order valence-electron chi connectivity index (χ1n) is 5.14. The minimum absolute atomic E-state index is 0.351. The van der Waals surface area contributed by atoms with Crippen LogP contribution in [0.3, 0.4) is 0 Å². The predicted molar refractivity (Wildman–Crippen MR) is 63.1 cm³/mol. The van der Waals surface area contributed by atoms with Crippen molar-refractivity contribution in [2.75, 3.05) is 0 Å². The van der Waals surface area contributed by atoms with E-state index in [1.165, 1.54) is 5.56 Å². The Morgan fingerprint density at radius 1 is 1.33 bits per heavy atom. The summed E-state index contributed by atoms with van der Waals surface area (Å²) in [6, 6.07) is 8.32. The SMILES string of the molecule is Cc1cccc(C2=NN=C(N)CC2C)c1. The highest BCUT2D eigenvalue weighted by molar-refractivity contribution is 6.05. The van der Waals surface area contributed by atoms with Gasteiger partial charge in [-0.1, -0.05) is 36.8 Å². The van der Waals surface area contributed by atoms with Gasteiger partial charge < -0.3 is 5.73 Å². The number of hydrogen-bond acceptors (Lipinski definition) is 3. The molecule has 0 aromatic heterocycles. The van der Waals surface area contributed by atoms with Gasteiger partial charge in [0.05, 0.1) is 5.71 Å². The number of hydrogen-bond donors (Lipinski definition) is 1. The van der Waals surface area contributed by atoms with Crippen molar-refractivity contribution in [3.63, 3.8) is 0 Å². The molecule has 0 saturated heterocycles. The fraction of sp³-hybridized carbons (Fsp3) is 0.333. The van der Waals surface area contributed by atoms with Gasteiger partial charge in [-0.2, -0.15) is 5.10 Å². The van der Waals surface area contributed by atoms with Gasteiger partial charge in [-0.05, 0) is 12.5 Å². The molecule has 1 aliphatic heterocycles. The third kappa shape index (κ3) is 2.06. The second kappa shape index (κ2) is 3.85. The molecule has 1 atom stereocenters. The summed E-state index contributed by atoms with van der Waals surface area (Å²) in [6.07, 6.45) is 0.798. The first-order chi connectivity index (χ1) is 7.16. The van der Waals surface area contributed by atoms with Crippen LogP contribution in [0.2, 0.25) is 0 Å². The van der Waals surface area contributed by atoms with Crippen LogP contribution in [-0.2, 0) is 0 Å². The Morgan fingerprint density at radius 3 is 2.80 bits per heavy atom. The second-order valence-electron chi connectivity index (χ2n) is 4.05. The molecule has 3 heteroatoms. The van der Waals surface area contributed by atoms with Crippen molar-refractivity contribution in [3.8, 4) is 0 Å². The molecular formula is C12H15N3. The van der Waals surface area contributed by atoms with Crippen LogP contribution in [0.1, 0.15) is 24.5 Å². The lowest BCUT2D eigenvalue weighted by Crippen LogP contribution is -2.25. The first kappa shape index (κ1) is 9.90. The Hall–Kier alpha value is -1.64. The molecule has 2 rings (SSSR count). The lowest BCUT2D eigenvalue weighted by Gasteiger charge is -2.17. The van der Waals surface area contributed by atoms with Crippen molar-refractivity contribution < 1.29 is 0 Å². The maximum Gasteiger partial charge on any atom is 0.123 e. The number of nitrogens with two attached hydrogens (primary N) is 1.